The number of hydrogen-bond acceptors (Lipinski definition) is 4. The summed E-state index contributed by atoms with van der Waals surface area (Å²) in [4.78, 5) is 32.2. The largest absolute Gasteiger partial charge is 0.342 e. The highest BCUT2D eigenvalue weighted by molar-refractivity contribution is 7.15. The Balaban J connectivity index is 1.56. The van der Waals surface area contributed by atoms with Gasteiger partial charge in [0.15, 0.2) is 5.13 Å². The number of aromatic nitrogens is 1. The lowest BCUT2D eigenvalue weighted by molar-refractivity contribution is -0.133. The van der Waals surface area contributed by atoms with E-state index < -0.39 is 0 Å². The van der Waals surface area contributed by atoms with E-state index in [1.165, 1.54) is 11.3 Å². The normalized spacial score (nSPS) is 17.3. The van der Waals surface area contributed by atoms with Crippen LogP contribution in [-0.4, -0.2) is 34.8 Å². The van der Waals surface area contributed by atoms with Crippen LogP contribution in [0.1, 0.15) is 30.2 Å². The van der Waals surface area contributed by atoms with E-state index in [0.29, 0.717) is 18.1 Å². The van der Waals surface area contributed by atoms with Crippen LogP contribution in [0.4, 0.5) is 5.13 Å². The Bertz CT molecular complexity index is 729. The fraction of sp³-hybridized carbons (Fsp3) is 0.421. The molecule has 1 atom stereocenters. The minimum atomic E-state index is -0.164. The van der Waals surface area contributed by atoms with Gasteiger partial charge >= 0.3 is 0 Å². The fourth-order valence-corrected chi connectivity index (χ4v) is 3.79. The molecule has 132 valence electrons. The highest BCUT2D eigenvalue weighted by Gasteiger charge is 2.28. The zero-order valence-electron chi connectivity index (χ0n) is 14.4. The molecular formula is C19H23N3O2S. The lowest BCUT2D eigenvalue weighted by atomic mass is 9.96. The molecule has 1 aromatic heterocycles. The molecule has 1 fully saturated rings. The van der Waals surface area contributed by atoms with E-state index in [4.69, 9.17) is 0 Å². The number of likely N-dealkylation sites (tertiary alicyclic amines) is 1. The predicted molar refractivity (Wildman–Crippen MR) is 99.6 cm³/mol. The van der Waals surface area contributed by atoms with Crippen LogP contribution in [0.3, 0.4) is 0 Å². The molecule has 2 amide bonds. The van der Waals surface area contributed by atoms with Gasteiger partial charge in [-0.3, -0.25) is 9.59 Å². The number of hydrogen-bond donors (Lipinski definition) is 1. The predicted octanol–water partition coefficient (Wildman–Crippen LogP) is 3.13. The second-order valence-corrected chi connectivity index (χ2v) is 7.43. The van der Waals surface area contributed by atoms with Crippen LogP contribution >= 0.6 is 11.3 Å². The van der Waals surface area contributed by atoms with E-state index in [0.717, 1.165) is 36.2 Å². The van der Waals surface area contributed by atoms with Crippen LogP contribution in [-0.2, 0) is 22.4 Å². The first-order valence-electron chi connectivity index (χ1n) is 8.73. The zero-order chi connectivity index (χ0) is 17.6. The quantitative estimate of drug-likeness (QED) is 0.894. The minimum Gasteiger partial charge on any atom is -0.342 e. The summed E-state index contributed by atoms with van der Waals surface area (Å²) >= 11 is 1.51. The molecule has 0 bridgehead atoms. The third-order valence-corrected chi connectivity index (χ3v) is 5.53. The molecule has 0 radical (unpaired) electrons. The molecule has 25 heavy (non-hydrogen) atoms. The Labute approximate surface area is 152 Å². The van der Waals surface area contributed by atoms with Gasteiger partial charge in [0.25, 0.3) is 0 Å². The maximum atomic E-state index is 12.5. The Morgan fingerprint density at radius 3 is 2.84 bits per heavy atom. The molecule has 5 nitrogen and oxygen atoms in total. The molecule has 1 aliphatic heterocycles. The van der Waals surface area contributed by atoms with Gasteiger partial charge in [-0.15, -0.1) is 11.3 Å². The highest BCUT2D eigenvalue weighted by Crippen LogP contribution is 2.22. The van der Waals surface area contributed by atoms with Crippen molar-refractivity contribution in [1.29, 1.82) is 0 Å². The zero-order valence-corrected chi connectivity index (χ0v) is 15.2. The molecule has 0 aliphatic carbocycles. The van der Waals surface area contributed by atoms with E-state index in [1.807, 2.05) is 35.2 Å². The number of anilines is 1. The van der Waals surface area contributed by atoms with Crippen molar-refractivity contribution in [3.63, 3.8) is 0 Å². The number of piperidine rings is 1. The number of thiazole rings is 1. The van der Waals surface area contributed by atoms with Gasteiger partial charge < -0.3 is 10.2 Å². The summed E-state index contributed by atoms with van der Waals surface area (Å²) in [6.07, 6.45) is 4.78. The lowest BCUT2D eigenvalue weighted by Crippen LogP contribution is -2.44. The summed E-state index contributed by atoms with van der Waals surface area (Å²) in [5.74, 6) is -0.108. The molecule has 6 heteroatoms. The molecule has 1 aliphatic rings. The summed E-state index contributed by atoms with van der Waals surface area (Å²) in [6, 6.07) is 9.73. The standard InChI is InChI=1S/C19H23N3O2S/c1-2-16-12-20-19(25-16)21-18(24)15-9-6-10-22(13-15)17(23)11-14-7-4-3-5-8-14/h3-5,7-8,12,15H,2,6,9-11,13H2,1H3,(H,20,21,24)/t15-/m0/s1. The van der Waals surface area contributed by atoms with Crippen LogP contribution in [0.25, 0.3) is 0 Å². The van der Waals surface area contributed by atoms with Crippen molar-refractivity contribution < 1.29 is 9.59 Å². The monoisotopic (exact) mass is 357 g/mol. The lowest BCUT2D eigenvalue weighted by Gasteiger charge is -2.32. The third kappa shape index (κ3) is 4.66. The van der Waals surface area contributed by atoms with Gasteiger partial charge in [0, 0.05) is 24.2 Å². The number of aryl methyl sites for hydroxylation is 1. The van der Waals surface area contributed by atoms with Crippen LogP contribution in [0.5, 0.6) is 0 Å². The van der Waals surface area contributed by atoms with Gasteiger partial charge in [0.1, 0.15) is 0 Å². The van der Waals surface area contributed by atoms with E-state index >= 15 is 0 Å². The van der Waals surface area contributed by atoms with E-state index in [1.54, 1.807) is 6.20 Å². The number of carbonyl (C=O) groups is 2. The molecule has 1 aromatic carbocycles. The summed E-state index contributed by atoms with van der Waals surface area (Å²) in [7, 11) is 0. The first kappa shape index (κ1) is 17.6. The van der Waals surface area contributed by atoms with Crippen molar-refractivity contribution in [3.05, 3.63) is 47.0 Å². The van der Waals surface area contributed by atoms with E-state index in [2.05, 4.69) is 17.2 Å². The average Bonchev–Trinajstić information content (AvgIpc) is 3.10. The molecular weight excluding hydrogens is 334 g/mol. The summed E-state index contributed by atoms with van der Waals surface area (Å²) < 4.78 is 0. The smallest absolute Gasteiger partial charge is 0.231 e. The number of rotatable bonds is 5. The molecule has 0 spiro atoms. The topological polar surface area (TPSA) is 62.3 Å². The molecule has 0 saturated carbocycles. The van der Waals surface area contributed by atoms with Crippen molar-refractivity contribution in [3.8, 4) is 0 Å². The summed E-state index contributed by atoms with van der Waals surface area (Å²) in [5, 5.41) is 3.55. The second-order valence-electron chi connectivity index (χ2n) is 6.32. The van der Waals surface area contributed by atoms with Gasteiger partial charge in [-0.25, -0.2) is 4.98 Å². The SMILES string of the molecule is CCc1cnc(NC(=O)[C@H]2CCCN(C(=O)Cc3ccccc3)C2)s1. The van der Waals surface area contributed by atoms with Crippen molar-refractivity contribution >= 4 is 28.3 Å². The fourth-order valence-electron chi connectivity index (χ4n) is 3.04. The van der Waals surface area contributed by atoms with Gasteiger partial charge in [0.2, 0.25) is 11.8 Å². The maximum absolute atomic E-state index is 12.5. The molecule has 1 saturated heterocycles. The number of nitrogens with zero attached hydrogens (tertiary/aromatic N) is 2. The summed E-state index contributed by atoms with van der Waals surface area (Å²) in [5.41, 5.74) is 1.01. The number of carbonyl (C=O) groups excluding carboxylic acids is 2. The molecule has 2 heterocycles. The van der Waals surface area contributed by atoms with Crippen molar-refractivity contribution in [1.82, 2.24) is 9.88 Å². The van der Waals surface area contributed by atoms with Crippen molar-refractivity contribution in [2.45, 2.75) is 32.6 Å². The Hall–Kier alpha value is -2.21. The van der Waals surface area contributed by atoms with Gasteiger partial charge in [-0.2, -0.15) is 0 Å². The van der Waals surface area contributed by atoms with Crippen LogP contribution in [0.15, 0.2) is 36.5 Å². The van der Waals surface area contributed by atoms with Gasteiger partial charge in [-0.05, 0) is 24.8 Å². The first-order chi connectivity index (χ1) is 12.2. The van der Waals surface area contributed by atoms with Crippen LogP contribution < -0.4 is 5.32 Å². The second kappa shape index (κ2) is 8.25. The van der Waals surface area contributed by atoms with Crippen molar-refractivity contribution in [2.75, 3.05) is 18.4 Å². The molecule has 2 aromatic rings. The van der Waals surface area contributed by atoms with E-state index in [9.17, 15) is 9.59 Å². The number of amides is 2. The van der Waals surface area contributed by atoms with Crippen LogP contribution in [0.2, 0.25) is 0 Å². The van der Waals surface area contributed by atoms with Gasteiger partial charge in [-0.1, -0.05) is 37.3 Å². The minimum absolute atomic E-state index is 0.0331. The number of nitrogens with one attached hydrogen (secondary N) is 1. The number of benzene rings is 1. The maximum Gasteiger partial charge on any atom is 0.231 e. The molecule has 0 unspecified atom stereocenters. The first-order valence-corrected chi connectivity index (χ1v) is 9.54. The average molecular weight is 357 g/mol. The van der Waals surface area contributed by atoms with Crippen molar-refractivity contribution in [2.24, 2.45) is 5.92 Å². The molecule has 1 N–H and O–H groups in total. The Morgan fingerprint density at radius 1 is 1.32 bits per heavy atom. The van der Waals surface area contributed by atoms with E-state index in [-0.39, 0.29) is 17.7 Å². The molecule has 3 rings (SSSR count). The summed E-state index contributed by atoms with van der Waals surface area (Å²) in [6.45, 7) is 3.28. The third-order valence-electron chi connectivity index (χ3n) is 4.48. The Kier molecular flexibility index (Phi) is 5.81. The van der Waals surface area contributed by atoms with Gasteiger partial charge in [0.05, 0.1) is 12.3 Å². The Morgan fingerprint density at radius 2 is 2.12 bits per heavy atom. The highest BCUT2D eigenvalue weighted by atomic mass is 32.1. The van der Waals surface area contributed by atoms with Crippen LogP contribution in [0, 0.1) is 5.92 Å².